The van der Waals surface area contributed by atoms with Crippen LogP contribution in [0.4, 0.5) is 0 Å². The molecule has 2 spiro atoms. The molecule has 1 aliphatic heterocycles. The van der Waals surface area contributed by atoms with Crippen LogP contribution in [-0.2, 0) is 10.8 Å². The lowest BCUT2D eigenvalue weighted by Crippen LogP contribution is -2.45. The van der Waals surface area contributed by atoms with Crippen LogP contribution in [0.15, 0.2) is 277 Å². The first-order valence-electron chi connectivity index (χ1n) is 25.9. The Bertz CT molecular complexity index is 4400. The van der Waals surface area contributed by atoms with Crippen LogP contribution in [-0.4, -0.2) is 9.97 Å². The van der Waals surface area contributed by atoms with Gasteiger partial charge in [-0.25, -0.2) is 9.97 Å². The average Bonchev–Trinajstić information content (AvgIpc) is 4.06. The number of aromatic nitrogens is 2. The fraction of sp³-hybridized carbons (Fsp3) is 0.0278. The molecule has 0 saturated carbocycles. The SMILES string of the molecule is c1ccc(-c2cc(-c3ccc4c5ccccc5c5ccccc5c4c3)nc(-c3cccc(-c4ccc5c(c4)C4(c6ccccc6S5)c5ccccc5C5(c6ccccc6-c6ccccc65)c5ccccc54)c3)n2)cc1. The van der Waals surface area contributed by atoms with Crippen LogP contribution >= 0.6 is 11.8 Å². The Morgan fingerprint density at radius 2 is 0.667 bits per heavy atom. The van der Waals surface area contributed by atoms with Crippen molar-refractivity contribution < 1.29 is 0 Å². The normalized spacial score (nSPS) is 14.0. The van der Waals surface area contributed by atoms with E-state index in [1.165, 1.54) is 97.7 Å². The topological polar surface area (TPSA) is 25.8 Å². The summed E-state index contributed by atoms with van der Waals surface area (Å²) in [7, 11) is 0. The number of hydrogen-bond acceptors (Lipinski definition) is 3. The lowest BCUT2D eigenvalue weighted by atomic mass is 9.51. The highest BCUT2D eigenvalue weighted by molar-refractivity contribution is 7.99. The van der Waals surface area contributed by atoms with Gasteiger partial charge in [0.2, 0.25) is 0 Å². The third-order valence-electron chi connectivity index (χ3n) is 16.6. The molecule has 0 atom stereocenters. The van der Waals surface area contributed by atoms with Crippen molar-refractivity contribution in [1.82, 2.24) is 9.97 Å². The molecule has 0 bridgehead atoms. The van der Waals surface area contributed by atoms with Crippen LogP contribution in [0.2, 0.25) is 0 Å². The molecule has 3 heteroatoms. The first-order chi connectivity index (χ1) is 37.2. The molecule has 12 aromatic carbocycles. The lowest BCUT2D eigenvalue weighted by Gasteiger charge is -2.51. The van der Waals surface area contributed by atoms with Crippen molar-refractivity contribution in [1.29, 1.82) is 0 Å². The van der Waals surface area contributed by atoms with Crippen molar-refractivity contribution in [2.45, 2.75) is 20.6 Å². The Morgan fingerprint density at radius 3 is 1.29 bits per heavy atom. The van der Waals surface area contributed by atoms with Crippen LogP contribution in [0.5, 0.6) is 0 Å². The summed E-state index contributed by atoms with van der Waals surface area (Å²) in [5.41, 5.74) is 19.2. The summed E-state index contributed by atoms with van der Waals surface area (Å²) >= 11 is 1.88. The van der Waals surface area contributed by atoms with Gasteiger partial charge in [0.05, 0.1) is 22.2 Å². The molecule has 3 aliphatic rings. The van der Waals surface area contributed by atoms with Gasteiger partial charge >= 0.3 is 0 Å². The van der Waals surface area contributed by atoms with Crippen molar-refractivity contribution in [2.75, 3.05) is 0 Å². The second kappa shape index (κ2) is 16.2. The molecule has 75 heavy (non-hydrogen) atoms. The van der Waals surface area contributed by atoms with Crippen molar-refractivity contribution >= 4 is 44.1 Å². The summed E-state index contributed by atoms with van der Waals surface area (Å²) < 4.78 is 0. The van der Waals surface area contributed by atoms with Gasteiger partial charge in [-0.05, 0) is 135 Å². The molecule has 16 rings (SSSR count). The van der Waals surface area contributed by atoms with Crippen LogP contribution in [0.3, 0.4) is 0 Å². The van der Waals surface area contributed by atoms with E-state index < -0.39 is 10.8 Å². The quantitative estimate of drug-likeness (QED) is 0.164. The Hall–Kier alpha value is -9.15. The smallest absolute Gasteiger partial charge is 0.160 e. The zero-order valence-corrected chi connectivity index (χ0v) is 41.5. The molecule has 0 radical (unpaired) electrons. The predicted molar refractivity (Wildman–Crippen MR) is 310 cm³/mol. The summed E-state index contributed by atoms with van der Waals surface area (Å²) in [6.07, 6.45) is 0. The Labute approximate surface area is 439 Å². The fourth-order valence-electron chi connectivity index (χ4n) is 13.6. The molecule has 0 N–H and O–H groups in total. The average molecular weight is 969 g/mol. The molecule has 2 heterocycles. The Morgan fingerprint density at radius 1 is 0.240 bits per heavy atom. The van der Waals surface area contributed by atoms with E-state index in [4.69, 9.17) is 9.97 Å². The molecular weight excluding hydrogens is 925 g/mol. The Kier molecular flexibility index (Phi) is 9.14. The van der Waals surface area contributed by atoms with E-state index in [0.717, 1.165) is 39.2 Å². The van der Waals surface area contributed by atoms with Crippen molar-refractivity contribution in [2.24, 2.45) is 0 Å². The number of rotatable bonds is 4. The molecule has 0 unspecified atom stereocenters. The third kappa shape index (κ3) is 5.93. The summed E-state index contributed by atoms with van der Waals surface area (Å²) in [4.78, 5) is 13.4. The molecule has 2 aliphatic carbocycles. The maximum Gasteiger partial charge on any atom is 0.160 e. The number of hydrogen-bond donors (Lipinski definition) is 0. The van der Waals surface area contributed by atoms with E-state index in [9.17, 15) is 0 Å². The molecule has 0 saturated heterocycles. The predicted octanol–water partition coefficient (Wildman–Crippen LogP) is 18.1. The van der Waals surface area contributed by atoms with Crippen LogP contribution in [0.25, 0.3) is 88.5 Å². The largest absolute Gasteiger partial charge is 0.228 e. The number of fused-ring (bicyclic) bond motifs is 21. The van der Waals surface area contributed by atoms with Gasteiger partial charge in [0, 0.05) is 26.5 Å². The molecular formula is C72H44N2S. The number of benzene rings is 12. The molecule has 13 aromatic rings. The van der Waals surface area contributed by atoms with Crippen LogP contribution < -0.4 is 0 Å². The van der Waals surface area contributed by atoms with Gasteiger partial charge in [0.25, 0.3) is 0 Å². The van der Waals surface area contributed by atoms with Gasteiger partial charge in [0.1, 0.15) is 0 Å². The second-order valence-electron chi connectivity index (χ2n) is 20.3. The van der Waals surface area contributed by atoms with E-state index in [1.54, 1.807) is 0 Å². The van der Waals surface area contributed by atoms with Gasteiger partial charge in [-0.2, -0.15) is 0 Å². The van der Waals surface area contributed by atoms with E-state index >= 15 is 0 Å². The lowest BCUT2D eigenvalue weighted by molar-refractivity contribution is 0.606. The maximum atomic E-state index is 5.45. The van der Waals surface area contributed by atoms with Crippen LogP contribution in [0, 0.1) is 0 Å². The third-order valence-corrected chi connectivity index (χ3v) is 17.8. The summed E-state index contributed by atoms with van der Waals surface area (Å²) in [5, 5.41) is 7.47. The zero-order chi connectivity index (χ0) is 49.2. The van der Waals surface area contributed by atoms with Gasteiger partial charge in [-0.1, -0.05) is 242 Å². The minimum Gasteiger partial charge on any atom is -0.228 e. The highest BCUT2D eigenvalue weighted by Gasteiger charge is 2.58. The second-order valence-corrected chi connectivity index (χ2v) is 21.3. The first kappa shape index (κ1) is 42.4. The zero-order valence-electron chi connectivity index (χ0n) is 40.7. The van der Waals surface area contributed by atoms with Crippen molar-refractivity contribution in [3.8, 4) is 56.2 Å². The van der Waals surface area contributed by atoms with Gasteiger partial charge in [0.15, 0.2) is 5.82 Å². The molecule has 1 aromatic heterocycles. The fourth-order valence-corrected chi connectivity index (χ4v) is 14.7. The molecule has 348 valence electrons. The van der Waals surface area contributed by atoms with E-state index in [0.29, 0.717) is 5.82 Å². The van der Waals surface area contributed by atoms with E-state index in [-0.39, 0.29) is 0 Å². The molecule has 2 nitrogen and oxygen atoms in total. The van der Waals surface area contributed by atoms with Gasteiger partial charge in [-0.15, -0.1) is 0 Å². The Balaban J connectivity index is 0.889. The minimum atomic E-state index is -0.616. The highest BCUT2D eigenvalue weighted by Crippen LogP contribution is 2.67. The van der Waals surface area contributed by atoms with Gasteiger partial charge in [-0.3, -0.25) is 0 Å². The first-order valence-corrected chi connectivity index (χ1v) is 26.7. The summed E-state index contributed by atoms with van der Waals surface area (Å²) in [6, 6.07) is 99.1. The number of nitrogens with zero attached hydrogens (tertiary/aromatic N) is 2. The maximum absolute atomic E-state index is 5.45. The van der Waals surface area contributed by atoms with E-state index in [1.807, 2.05) is 11.8 Å². The highest BCUT2D eigenvalue weighted by atomic mass is 32.2. The molecule has 0 amide bonds. The summed E-state index contributed by atoms with van der Waals surface area (Å²) in [6.45, 7) is 0. The standard InChI is InChI=1S/C72H44N2S/c1-2-19-45(20-3-1)66-44-67(48-37-39-54-52-25-5-4-23-50(52)51-24-6-7-26-53(51)57(54)42-48)74-70(73-66)49-22-18-21-46(41-49)47-38-40-69-65(43-47)72(64-35-16-17-36-68(64)75-69)62-33-14-12-31-60(62)71(61-32-13-15-34-63(61)72)58-29-10-8-27-55(58)56-28-9-11-30-59(56)71/h1-44H. The molecule has 0 fully saturated rings. The van der Waals surface area contributed by atoms with Gasteiger partial charge < -0.3 is 0 Å². The van der Waals surface area contributed by atoms with E-state index in [2.05, 4.69) is 267 Å². The van der Waals surface area contributed by atoms with Crippen molar-refractivity contribution in [3.05, 3.63) is 311 Å². The summed E-state index contributed by atoms with van der Waals surface area (Å²) in [5.74, 6) is 0.688. The van der Waals surface area contributed by atoms with Crippen LogP contribution in [0.1, 0.15) is 44.5 Å². The van der Waals surface area contributed by atoms with Crippen molar-refractivity contribution in [3.63, 3.8) is 0 Å². The minimum absolute atomic E-state index is 0.501. The monoisotopic (exact) mass is 968 g/mol.